The first kappa shape index (κ1) is 18.7. The van der Waals surface area contributed by atoms with Gasteiger partial charge in [-0.15, -0.1) is 0 Å². The number of halogens is 4. The minimum Gasteiger partial charge on any atom is -0.377 e. The van der Waals surface area contributed by atoms with Crippen molar-refractivity contribution in [2.45, 2.75) is 31.0 Å². The Morgan fingerprint density at radius 1 is 1.31 bits per heavy atom. The highest BCUT2D eigenvalue weighted by molar-refractivity contribution is 6.33. The van der Waals surface area contributed by atoms with Crippen LogP contribution in [0.5, 0.6) is 0 Å². The lowest BCUT2D eigenvalue weighted by atomic mass is 9.76. The summed E-state index contributed by atoms with van der Waals surface area (Å²) in [5, 5.41) is 16.4. The molecule has 1 saturated carbocycles. The van der Waals surface area contributed by atoms with Gasteiger partial charge in [-0.05, 0) is 37.5 Å². The Kier molecular flexibility index (Phi) is 4.98. The maximum atomic E-state index is 12.7. The monoisotopic (exact) mass is 386 g/mol. The van der Waals surface area contributed by atoms with Gasteiger partial charge in [-0.25, -0.2) is 0 Å². The van der Waals surface area contributed by atoms with Crippen LogP contribution in [0.1, 0.15) is 24.8 Å². The van der Waals surface area contributed by atoms with E-state index in [9.17, 15) is 18.0 Å². The van der Waals surface area contributed by atoms with Crippen molar-refractivity contribution < 1.29 is 18.0 Å². The molecule has 1 aromatic carbocycles. The number of carbonyl (C=O) groups is 1. The van der Waals surface area contributed by atoms with E-state index in [0.717, 1.165) is 30.2 Å². The van der Waals surface area contributed by atoms with Gasteiger partial charge in [0, 0.05) is 24.9 Å². The van der Waals surface area contributed by atoms with Gasteiger partial charge < -0.3 is 21.4 Å². The maximum Gasteiger partial charge on any atom is 0.416 e. The summed E-state index contributed by atoms with van der Waals surface area (Å²) in [6, 6.07) is 2.84. The van der Waals surface area contributed by atoms with E-state index < -0.39 is 17.3 Å². The van der Waals surface area contributed by atoms with Crippen molar-refractivity contribution in [3.63, 3.8) is 0 Å². The lowest BCUT2D eigenvalue weighted by Gasteiger charge is -2.40. The van der Waals surface area contributed by atoms with Crippen molar-refractivity contribution in [2.75, 3.05) is 18.4 Å². The fourth-order valence-electron chi connectivity index (χ4n) is 2.91. The third kappa shape index (κ3) is 3.71. The van der Waals surface area contributed by atoms with Crippen molar-refractivity contribution >= 4 is 28.9 Å². The largest absolute Gasteiger partial charge is 0.416 e. The van der Waals surface area contributed by atoms with Gasteiger partial charge in [-0.1, -0.05) is 11.6 Å². The predicted octanol–water partition coefficient (Wildman–Crippen LogP) is 3.32. The van der Waals surface area contributed by atoms with Crippen LogP contribution in [0.15, 0.2) is 30.0 Å². The van der Waals surface area contributed by atoms with E-state index in [1.54, 1.807) is 6.20 Å². The molecule has 0 spiro atoms. The predicted molar refractivity (Wildman–Crippen MR) is 93.5 cm³/mol. The van der Waals surface area contributed by atoms with Crippen molar-refractivity contribution in [3.05, 3.63) is 40.6 Å². The molecule has 0 unspecified atom stereocenters. The smallest absolute Gasteiger partial charge is 0.377 e. The van der Waals surface area contributed by atoms with Gasteiger partial charge in [0.2, 0.25) is 5.91 Å². The van der Waals surface area contributed by atoms with Gasteiger partial charge >= 0.3 is 6.18 Å². The minimum atomic E-state index is -4.49. The molecular formula is C17H18ClF3N4O. The molecule has 0 atom stereocenters. The Balaban J connectivity index is 1.73. The van der Waals surface area contributed by atoms with Crippen molar-refractivity contribution in [2.24, 2.45) is 0 Å². The minimum absolute atomic E-state index is 0.140. The Bertz CT molecular complexity index is 772. The average Bonchev–Trinajstić information content (AvgIpc) is 2.92. The zero-order valence-corrected chi connectivity index (χ0v) is 14.5. The number of amides is 1. The summed E-state index contributed by atoms with van der Waals surface area (Å²) >= 11 is 5.91. The summed E-state index contributed by atoms with van der Waals surface area (Å²) < 4.78 is 38.1. The molecule has 1 amide bonds. The van der Waals surface area contributed by atoms with Gasteiger partial charge in [0.15, 0.2) is 0 Å². The number of hydrogen-bond acceptors (Lipinski definition) is 4. The molecule has 2 aliphatic rings. The Labute approximate surface area is 153 Å². The van der Waals surface area contributed by atoms with E-state index >= 15 is 0 Å². The molecule has 3 rings (SSSR count). The Hall–Kier alpha value is -2.06. The van der Waals surface area contributed by atoms with Gasteiger partial charge in [0.05, 0.1) is 22.0 Å². The first-order valence-electron chi connectivity index (χ1n) is 8.15. The molecule has 5 nitrogen and oxygen atoms in total. The van der Waals surface area contributed by atoms with Crippen molar-refractivity contribution in [3.8, 4) is 0 Å². The molecule has 9 heteroatoms. The molecule has 140 valence electrons. The Morgan fingerprint density at radius 2 is 2.04 bits per heavy atom. The molecule has 1 aliphatic heterocycles. The topological polar surface area (TPSA) is 77.0 Å². The molecule has 0 bridgehead atoms. The number of nitrogens with one attached hydrogen (secondary N) is 4. The first-order valence-corrected chi connectivity index (χ1v) is 8.52. The highest BCUT2D eigenvalue weighted by Gasteiger charge is 2.44. The second kappa shape index (κ2) is 6.92. The molecule has 4 N–H and O–H groups in total. The van der Waals surface area contributed by atoms with Crippen molar-refractivity contribution in [1.29, 1.82) is 5.41 Å². The summed E-state index contributed by atoms with van der Waals surface area (Å²) in [6.07, 6.45) is -0.756. The van der Waals surface area contributed by atoms with E-state index in [2.05, 4.69) is 16.0 Å². The van der Waals surface area contributed by atoms with E-state index in [-0.39, 0.29) is 16.6 Å². The SMILES string of the molecule is N=C1CNC/C1=C/NC1(C(=O)Nc2ccc(C(F)(F)F)cc2Cl)CCC1. The third-order valence-electron chi connectivity index (χ3n) is 4.71. The lowest BCUT2D eigenvalue weighted by molar-refractivity contribution is -0.137. The summed E-state index contributed by atoms with van der Waals surface area (Å²) in [5.41, 5.74) is -0.300. The molecule has 1 heterocycles. The molecule has 1 aromatic rings. The van der Waals surface area contributed by atoms with E-state index in [1.807, 2.05) is 0 Å². The molecule has 1 aliphatic carbocycles. The second-order valence-corrected chi connectivity index (χ2v) is 6.89. The van der Waals surface area contributed by atoms with Gasteiger partial charge in [-0.3, -0.25) is 4.79 Å². The number of benzene rings is 1. The van der Waals surface area contributed by atoms with Crippen LogP contribution in [0.4, 0.5) is 18.9 Å². The number of carbonyl (C=O) groups excluding carboxylic acids is 1. The zero-order valence-electron chi connectivity index (χ0n) is 13.8. The number of anilines is 1. The van der Waals surface area contributed by atoms with Gasteiger partial charge in [0.25, 0.3) is 0 Å². The number of alkyl halides is 3. The van der Waals surface area contributed by atoms with E-state index in [0.29, 0.717) is 31.6 Å². The summed E-state index contributed by atoms with van der Waals surface area (Å²) in [4.78, 5) is 12.7. The highest BCUT2D eigenvalue weighted by atomic mass is 35.5. The first-order chi connectivity index (χ1) is 12.2. The highest BCUT2D eigenvalue weighted by Crippen LogP contribution is 2.36. The molecular weight excluding hydrogens is 369 g/mol. The number of hydrogen-bond donors (Lipinski definition) is 4. The van der Waals surface area contributed by atoms with Crippen LogP contribution in [-0.4, -0.2) is 30.2 Å². The second-order valence-electron chi connectivity index (χ2n) is 6.48. The average molecular weight is 387 g/mol. The molecule has 26 heavy (non-hydrogen) atoms. The third-order valence-corrected chi connectivity index (χ3v) is 5.03. The fraction of sp³-hybridized carbons (Fsp3) is 0.412. The van der Waals surface area contributed by atoms with Crippen LogP contribution in [0.3, 0.4) is 0 Å². The zero-order chi connectivity index (χ0) is 18.9. The number of rotatable bonds is 4. The van der Waals surface area contributed by atoms with Crippen LogP contribution >= 0.6 is 11.6 Å². The molecule has 1 saturated heterocycles. The summed E-state index contributed by atoms with van der Waals surface area (Å²) in [6.45, 7) is 1.06. The maximum absolute atomic E-state index is 12.7. The van der Waals surface area contributed by atoms with Gasteiger partial charge in [-0.2, -0.15) is 13.2 Å². The molecule has 0 radical (unpaired) electrons. The Morgan fingerprint density at radius 3 is 2.54 bits per heavy atom. The van der Waals surface area contributed by atoms with Crippen LogP contribution in [0.2, 0.25) is 5.02 Å². The lowest BCUT2D eigenvalue weighted by Crippen LogP contribution is -2.57. The quantitative estimate of drug-likeness (QED) is 0.641. The summed E-state index contributed by atoms with van der Waals surface area (Å²) in [7, 11) is 0. The van der Waals surface area contributed by atoms with Gasteiger partial charge in [0.1, 0.15) is 5.54 Å². The van der Waals surface area contributed by atoms with Crippen molar-refractivity contribution in [1.82, 2.24) is 10.6 Å². The normalized spacial score (nSPS) is 20.8. The van der Waals surface area contributed by atoms with Crippen LogP contribution in [0, 0.1) is 5.41 Å². The molecule has 0 aromatic heterocycles. The fourth-order valence-corrected chi connectivity index (χ4v) is 3.14. The summed E-state index contributed by atoms with van der Waals surface area (Å²) in [5.74, 6) is -0.347. The van der Waals surface area contributed by atoms with Crippen LogP contribution in [0.25, 0.3) is 0 Å². The van der Waals surface area contributed by atoms with E-state index in [4.69, 9.17) is 17.0 Å². The van der Waals surface area contributed by atoms with Crippen LogP contribution in [-0.2, 0) is 11.0 Å². The van der Waals surface area contributed by atoms with E-state index in [1.165, 1.54) is 0 Å². The molecule has 2 fully saturated rings. The standard InChI is InChI=1S/C17H18ClF3N4O/c18-12-6-11(17(19,20)21)2-3-14(12)25-15(26)16(4-1-5-16)24-8-10-7-23-9-13(10)22/h2-3,6,8,22-24H,1,4-5,7,9H2,(H,25,26)/b10-8-,22-13?. The van der Waals surface area contributed by atoms with Crippen LogP contribution < -0.4 is 16.0 Å².